The Bertz CT molecular complexity index is 1700. The molecule has 2 aromatic heterocycles. The first-order valence-electron chi connectivity index (χ1n) is 13.1. The van der Waals surface area contributed by atoms with Crippen LogP contribution in [0.3, 0.4) is 0 Å². The van der Waals surface area contributed by atoms with E-state index in [0.29, 0.717) is 29.9 Å². The summed E-state index contributed by atoms with van der Waals surface area (Å²) < 4.78 is 43.6. The predicted molar refractivity (Wildman–Crippen MR) is 146 cm³/mol. The quantitative estimate of drug-likeness (QED) is 0.233. The summed E-state index contributed by atoms with van der Waals surface area (Å²) in [5.74, 6) is 1.29. The molecule has 0 radical (unpaired) electrons. The van der Waals surface area contributed by atoms with Crippen molar-refractivity contribution >= 4 is 38.5 Å². The highest BCUT2D eigenvalue weighted by Gasteiger charge is 2.37. The fourth-order valence-corrected chi connectivity index (χ4v) is 6.30. The number of nitrogens with zero attached hydrogens (tertiary/aromatic N) is 4. The predicted octanol–water partition coefficient (Wildman–Crippen LogP) is 7.26. The van der Waals surface area contributed by atoms with Crippen LogP contribution in [0.25, 0.3) is 43.8 Å². The van der Waals surface area contributed by atoms with Gasteiger partial charge in [-0.3, -0.25) is 4.79 Å². The number of fused-ring (bicyclic) bond motifs is 2. The van der Waals surface area contributed by atoms with Crippen molar-refractivity contribution in [3.05, 3.63) is 71.7 Å². The van der Waals surface area contributed by atoms with Crippen LogP contribution >= 0.6 is 11.3 Å². The maximum absolute atomic E-state index is 13.5. The van der Waals surface area contributed by atoms with Crippen LogP contribution < -0.4 is 0 Å². The number of carbonyl (C=O) groups is 1. The standard InChI is InChI=1S/C30H25F3N4OS/c31-30(32,33)23-8-10-26-25(14-23)35-28(37(26)16-18-11-12-36(15-18)29(38)21-5-6-21)20-3-1-19(2-4-20)22-7-9-24-27(13-22)39-17-34-24/h1-4,7-10,13-14,17-18,21H,5-6,11-12,15-16H2/t18-/m0/s1. The molecule has 3 heterocycles. The van der Waals surface area contributed by atoms with Gasteiger partial charge in [0.1, 0.15) is 5.82 Å². The maximum atomic E-state index is 13.5. The fourth-order valence-electron chi connectivity index (χ4n) is 5.59. The van der Waals surface area contributed by atoms with Crippen LogP contribution in [-0.2, 0) is 17.5 Å². The van der Waals surface area contributed by atoms with Gasteiger partial charge in [0.25, 0.3) is 0 Å². The zero-order valence-corrected chi connectivity index (χ0v) is 21.8. The number of carbonyl (C=O) groups excluding carboxylic acids is 1. The topological polar surface area (TPSA) is 51.0 Å². The lowest BCUT2D eigenvalue weighted by Crippen LogP contribution is -2.30. The largest absolute Gasteiger partial charge is 0.416 e. The minimum absolute atomic E-state index is 0.185. The first-order chi connectivity index (χ1) is 18.8. The van der Waals surface area contributed by atoms with Gasteiger partial charge in [0.2, 0.25) is 5.91 Å². The van der Waals surface area contributed by atoms with Crippen molar-refractivity contribution in [1.82, 2.24) is 19.4 Å². The van der Waals surface area contributed by atoms with Crippen LogP contribution in [0.1, 0.15) is 24.8 Å². The second-order valence-electron chi connectivity index (χ2n) is 10.6. The summed E-state index contributed by atoms with van der Waals surface area (Å²) in [4.78, 5) is 23.6. The van der Waals surface area contributed by atoms with E-state index in [-0.39, 0.29) is 17.7 Å². The number of hydrogen-bond donors (Lipinski definition) is 0. The van der Waals surface area contributed by atoms with Gasteiger partial charge in [0, 0.05) is 31.1 Å². The number of rotatable bonds is 5. The minimum Gasteiger partial charge on any atom is -0.342 e. The Morgan fingerprint density at radius 3 is 2.46 bits per heavy atom. The molecule has 198 valence electrons. The monoisotopic (exact) mass is 546 g/mol. The molecule has 5 aromatic rings. The van der Waals surface area contributed by atoms with Crippen molar-refractivity contribution in [3.63, 3.8) is 0 Å². The van der Waals surface area contributed by atoms with Crippen molar-refractivity contribution in [1.29, 1.82) is 0 Å². The molecule has 5 nitrogen and oxygen atoms in total. The first kappa shape index (κ1) is 24.3. The number of aromatic nitrogens is 3. The highest BCUT2D eigenvalue weighted by Crippen LogP contribution is 2.36. The number of benzene rings is 3. The number of likely N-dealkylation sites (tertiary alicyclic amines) is 1. The van der Waals surface area contributed by atoms with Gasteiger partial charge >= 0.3 is 6.18 Å². The molecule has 1 saturated carbocycles. The zero-order chi connectivity index (χ0) is 26.7. The van der Waals surface area contributed by atoms with Gasteiger partial charge in [0.05, 0.1) is 32.3 Å². The summed E-state index contributed by atoms with van der Waals surface area (Å²) in [7, 11) is 0. The molecule has 2 fully saturated rings. The van der Waals surface area contributed by atoms with Crippen LogP contribution in [0, 0.1) is 11.8 Å². The Morgan fingerprint density at radius 1 is 0.923 bits per heavy atom. The van der Waals surface area contributed by atoms with E-state index in [2.05, 4.69) is 11.1 Å². The van der Waals surface area contributed by atoms with Crippen LogP contribution in [-0.4, -0.2) is 38.4 Å². The van der Waals surface area contributed by atoms with Crippen molar-refractivity contribution in [3.8, 4) is 22.5 Å². The van der Waals surface area contributed by atoms with Gasteiger partial charge in [-0.1, -0.05) is 30.3 Å². The van der Waals surface area contributed by atoms with E-state index in [1.807, 2.05) is 51.4 Å². The Morgan fingerprint density at radius 2 is 1.69 bits per heavy atom. The lowest BCUT2D eigenvalue weighted by molar-refractivity contribution is -0.137. The number of amides is 1. The molecule has 7 rings (SSSR count). The third kappa shape index (κ3) is 4.58. The molecular weight excluding hydrogens is 521 g/mol. The molecule has 0 unspecified atom stereocenters. The van der Waals surface area contributed by atoms with E-state index in [1.165, 1.54) is 6.07 Å². The molecule has 3 aromatic carbocycles. The van der Waals surface area contributed by atoms with E-state index in [9.17, 15) is 18.0 Å². The molecule has 1 amide bonds. The highest BCUT2D eigenvalue weighted by molar-refractivity contribution is 7.16. The third-order valence-electron chi connectivity index (χ3n) is 7.85. The highest BCUT2D eigenvalue weighted by atomic mass is 32.1. The van der Waals surface area contributed by atoms with Crippen LogP contribution in [0.4, 0.5) is 13.2 Å². The summed E-state index contributed by atoms with van der Waals surface area (Å²) >= 11 is 1.60. The molecule has 1 atom stereocenters. The second kappa shape index (κ2) is 9.19. The van der Waals surface area contributed by atoms with Crippen molar-refractivity contribution < 1.29 is 18.0 Å². The van der Waals surface area contributed by atoms with E-state index in [4.69, 9.17) is 4.98 Å². The lowest BCUT2D eigenvalue weighted by Gasteiger charge is -2.18. The molecule has 0 bridgehead atoms. The average Bonchev–Trinajstić information content (AvgIpc) is 3.33. The molecule has 0 N–H and O–H groups in total. The van der Waals surface area contributed by atoms with E-state index >= 15 is 0 Å². The summed E-state index contributed by atoms with van der Waals surface area (Å²) in [5.41, 5.74) is 6.05. The average molecular weight is 547 g/mol. The minimum atomic E-state index is -4.44. The molecule has 1 aliphatic heterocycles. The third-order valence-corrected chi connectivity index (χ3v) is 8.64. The van der Waals surface area contributed by atoms with E-state index < -0.39 is 11.7 Å². The van der Waals surface area contributed by atoms with Crippen molar-refractivity contribution in [2.45, 2.75) is 32.0 Å². The Kier molecular flexibility index (Phi) is 5.73. The molecule has 2 aliphatic rings. The normalized spacial score (nSPS) is 17.9. The Balaban J connectivity index is 1.24. The van der Waals surface area contributed by atoms with E-state index in [0.717, 1.165) is 64.8 Å². The van der Waals surface area contributed by atoms with Gasteiger partial charge in [-0.2, -0.15) is 13.2 Å². The summed E-state index contributed by atoms with van der Waals surface area (Å²) in [5, 5.41) is 0. The summed E-state index contributed by atoms with van der Waals surface area (Å²) in [6, 6.07) is 17.9. The van der Waals surface area contributed by atoms with Gasteiger partial charge in [-0.05, 0) is 66.6 Å². The number of imidazole rings is 1. The first-order valence-corrected chi connectivity index (χ1v) is 14.0. The van der Waals surface area contributed by atoms with Crippen LogP contribution in [0.5, 0.6) is 0 Å². The number of thiazole rings is 1. The molecule has 1 saturated heterocycles. The van der Waals surface area contributed by atoms with E-state index in [1.54, 1.807) is 11.3 Å². The molecule has 9 heteroatoms. The number of alkyl halides is 3. The Hall–Kier alpha value is -3.72. The molecule has 1 aliphatic carbocycles. The summed E-state index contributed by atoms with van der Waals surface area (Å²) in [6.45, 7) is 2.00. The lowest BCUT2D eigenvalue weighted by atomic mass is 10.0. The van der Waals surface area contributed by atoms with Gasteiger partial charge in [0.15, 0.2) is 0 Å². The molecule has 39 heavy (non-hydrogen) atoms. The number of halogens is 3. The second-order valence-corrected chi connectivity index (χ2v) is 11.5. The zero-order valence-electron chi connectivity index (χ0n) is 21.0. The SMILES string of the molecule is O=C(C1CC1)N1CC[C@H](Cn2c(-c3ccc(-c4ccc5ncsc5c4)cc3)nc3cc(C(F)(F)F)ccc32)C1. The molecular formula is C30H25F3N4OS. The van der Waals surface area contributed by atoms with Gasteiger partial charge in [-0.25, -0.2) is 9.97 Å². The van der Waals surface area contributed by atoms with Crippen LogP contribution in [0.15, 0.2) is 66.2 Å². The van der Waals surface area contributed by atoms with Gasteiger partial charge in [-0.15, -0.1) is 11.3 Å². The fraction of sp³-hybridized carbons (Fsp3) is 0.300. The van der Waals surface area contributed by atoms with Crippen molar-refractivity contribution in [2.75, 3.05) is 13.1 Å². The Labute approximate surface area is 226 Å². The smallest absolute Gasteiger partial charge is 0.342 e. The van der Waals surface area contributed by atoms with Gasteiger partial charge < -0.3 is 9.47 Å². The number of hydrogen-bond acceptors (Lipinski definition) is 4. The van der Waals surface area contributed by atoms with Crippen LogP contribution in [0.2, 0.25) is 0 Å². The maximum Gasteiger partial charge on any atom is 0.416 e. The molecule has 0 spiro atoms. The van der Waals surface area contributed by atoms with Crippen molar-refractivity contribution in [2.24, 2.45) is 11.8 Å². The summed E-state index contributed by atoms with van der Waals surface area (Å²) in [6.07, 6.45) is -1.61.